The molecule has 0 bridgehead atoms. The van der Waals surface area contributed by atoms with E-state index in [-0.39, 0.29) is 17.6 Å². The summed E-state index contributed by atoms with van der Waals surface area (Å²) >= 11 is 0. The molecule has 8 nitrogen and oxygen atoms in total. The molecular formula is C28H37N5O3. The van der Waals surface area contributed by atoms with E-state index in [9.17, 15) is 4.79 Å². The number of amides is 1. The van der Waals surface area contributed by atoms with Crippen LogP contribution in [0.1, 0.15) is 76.8 Å². The molecule has 2 aromatic heterocycles. The lowest BCUT2D eigenvalue weighted by Gasteiger charge is -2.30. The molecule has 0 spiro atoms. The van der Waals surface area contributed by atoms with Gasteiger partial charge in [-0.25, -0.2) is 4.79 Å². The van der Waals surface area contributed by atoms with Crippen molar-refractivity contribution in [2.75, 3.05) is 0 Å². The molecule has 8 heteroatoms. The fraction of sp³-hybridized carbons (Fsp3) is 0.571. The summed E-state index contributed by atoms with van der Waals surface area (Å²) in [5, 5.41) is 12.2. The van der Waals surface area contributed by atoms with Gasteiger partial charge in [-0.15, -0.1) is 0 Å². The summed E-state index contributed by atoms with van der Waals surface area (Å²) in [7, 11) is 0. The van der Waals surface area contributed by atoms with Crippen molar-refractivity contribution in [3.63, 3.8) is 0 Å². The normalized spacial score (nSPS) is 18.9. The average Bonchev–Trinajstić information content (AvgIpc) is 3.41. The summed E-state index contributed by atoms with van der Waals surface area (Å²) in [5.41, 5.74) is 6.58. The summed E-state index contributed by atoms with van der Waals surface area (Å²) in [6.45, 7) is 13.2. The third-order valence-electron chi connectivity index (χ3n) is 7.21. The molecule has 192 valence electrons. The average molecular weight is 492 g/mol. The van der Waals surface area contributed by atoms with Crippen molar-refractivity contribution < 1.29 is 14.1 Å². The highest BCUT2D eigenvalue weighted by Gasteiger charge is 2.32. The van der Waals surface area contributed by atoms with Gasteiger partial charge in [0, 0.05) is 29.4 Å². The first-order valence-electron chi connectivity index (χ1n) is 13.1. The number of carbonyl (C=O) groups excluding carboxylic acids is 1. The summed E-state index contributed by atoms with van der Waals surface area (Å²) in [4.78, 5) is 16.9. The van der Waals surface area contributed by atoms with E-state index in [0.717, 1.165) is 56.3 Å². The van der Waals surface area contributed by atoms with Crippen LogP contribution in [-0.2, 0) is 37.0 Å². The second kappa shape index (κ2) is 9.05. The van der Waals surface area contributed by atoms with Crippen molar-refractivity contribution in [1.82, 2.24) is 25.2 Å². The molecule has 0 radical (unpaired) electrons. The first kappa shape index (κ1) is 24.5. The summed E-state index contributed by atoms with van der Waals surface area (Å²) in [6, 6.07) is 6.36. The van der Waals surface area contributed by atoms with Crippen LogP contribution in [0.5, 0.6) is 0 Å². The first-order chi connectivity index (χ1) is 17.0. The lowest BCUT2D eigenvalue weighted by molar-refractivity contribution is 0.0500. The number of carbonyl (C=O) groups is 1. The number of rotatable bonds is 4. The highest BCUT2D eigenvalue weighted by molar-refractivity contribution is 5.68. The van der Waals surface area contributed by atoms with Crippen molar-refractivity contribution in [1.29, 1.82) is 0 Å². The maximum absolute atomic E-state index is 12.2. The Morgan fingerprint density at radius 2 is 2.06 bits per heavy atom. The molecule has 0 saturated heterocycles. The van der Waals surface area contributed by atoms with Gasteiger partial charge in [-0.1, -0.05) is 31.1 Å². The third kappa shape index (κ3) is 5.04. The molecule has 1 aromatic carbocycles. The second-order valence-electron chi connectivity index (χ2n) is 11.9. The molecule has 1 unspecified atom stereocenters. The fourth-order valence-corrected chi connectivity index (χ4v) is 5.36. The number of nitrogens with one attached hydrogen (secondary N) is 1. The van der Waals surface area contributed by atoms with Crippen LogP contribution >= 0.6 is 0 Å². The van der Waals surface area contributed by atoms with E-state index in [0.29, 0.717) is 11.7 Å². The zero-order valence-corrected chi connectivity index (χ0v) is 22.3. The predicted octanol–water partition coefficient (Wildman–Crippen LogP) is 5.52. The largest absolute Gasteiger partial charge is 0.444 e. The number of nitrogens with zero attached hydrogens (tertiary/aromatic N) is 4. The fourth-order valence-electron chi connectivity index (χ4n) is 5.36. The molecule has 2 aliphatic carbocycles. The Balaban J connectivity index is 1.33. The highest BCUT2D eigenvalue weighted by atomic mass is 16.6. The Labute approximate surface area is 212 Å². The molecule has 5 rings (SSSR count). The number of hydrogen-bond donors (Lipinski definition) is 1. The SMILES string of the molecule is CCn1nc(-c2nc(-c3ccc4c(c3)CCC(NC(=O)OC(C)(C)C)C4)no2)c2c1CC(C)(C)CC2. The lowest BCUT2D eigenvalue weighted by atomic mass is 9.76. The molecule has 0 saturated carbocycles. The molecule has 1 amide bonds. The minimum absolute atomic E-state index is 0.0693. The van der Waals surface area contributed by atoms with Gasteiger partial charge in [-0.05, 0) is 88.8 Å². The van der Waals surface area contributed by atoms with Gasteiger partial charge in [0.2, 0.25) is 5.82 Å². The van der Waals surface area contributed by atoms with Gasteiger partial charge >= 0.3 is 6.09 Å². The van der Waals surface area contributed by atoms with Crippen molar-refractivity contribution in [3.05, 3.63) is 40.6 Å². The Bertz CT molecular complexity index is 1280. The third-order valence-corrected chi connectivity index (χ3v) is 7.21. The van der Waals surface area contributed by atoms with Gasteiger partial charge < -0.3 is 14.6 Å². The van der Waals surface area contributed by atoms with E-state index in [1.807, 2.05) is 26.8 Å². The summed E-state index contributed by atoms with van der Waals surface area (Å²) in [6.07, 6.45) is 5.28. The van der Waals surface area contributed by atoms with Crippen LogP contribution in [0, 0.1) is 5.41 Å². The van der Waals surface area contributed by atoms with Gasteiger partial charge in [0.1, 0.15) is 5.60 Å². The van der Waals surface area contributed by atoms with Crippen LogP contribution in [0.2, 0.25) is 0 Å². The number of hydrogen-bond acceptors (Lipinski definition) is 6. The van der Waals surface area contributed by atoms with Crippen LogP contribution < -0.4 is 5.32 Å². The number of ether oxygens (including phenoxy) is 1. The zero-order chi connectivity index (χ0) is 25.7. The Kier molecular flexibility index (Phi) is 6.17. The molecule has 3 aromatic rings. The van der Waals surface area contributed by atoms with Gasteiger partial charge in [-0.3, -0.25) is 4.68 Å². The van der Waals surface area contributed by atoms with E-state index >= 15 is 0 Å². The number of fused-ring (bicyclic) bond motifs is 2. The number of aryl methyl sites for hydroxylation is 2. The molecule has 36 heavy (non-hydrogen) atoms. The minimum Gasteiger partial charge on any atom is -0.444 e. The predicted molar refractivity (Wildman–Crippen MR) is 138 cm³/mol. The molecule has 2 aliphatic rings. The molecule has 1 atom stereocenters. The van der Waals surface area contributed by atoms with Crippen molar-refractivity contribution in [2.45, 2.75) is 98.3 Å². The van der Waals surface area contributed by atoms with Gasteiger partial charge in [0.05, 0.1) is 0 Å². The maximum atomic E-state index is 12.2. The zero-order valence-electron chi connectivity index (χ0n) is 22.3. The van der Waals surface area contributed by atoms with Crippen LogP contribution in [0.3, 0.4) is 0 Å². The Hall–Kier alpha value is -3.16. The Morgan fingerprint density at radius 3 is 2.81 bits per heavy atom. The van der Waals surface area contributed by atoms with Crippen LogP contribution in [0.25, 0.3) is 23.0 Å². The monoisotopic (exact) mass is 491 g/mol. The highest BCUT2D eigenvalue weighted by Crippen LogP contribution is 2.39. The topological polar surface area (TPSA) is 95.1 Å². The molecule has 2 heterocycles. The number of aromatic nitrogens is 4. The summed E-state index contributed by atoms with van der Waals surface area (Å²) < 4.78 is 13.2. The standard InChI is InChI=1S/C28H37N5O3/c1-7-33-22-16-28(5,6)13-12-21(22)23(31-33)25-30-24(32-36-25)19-9-8-18-15-20(11-10-17(18)14-19)29-26(34)35-27(2,3)4/h8-9,14,20H,7,10-13,15-16H2,1-6H3,(H,29,34). The first-order valence-corrected chi connectivity index (χ1v) is 13.1. The van der Waals surface area contributed by atoms with E-state index in [4.69, 9.17) is 19.3 Å². The van der Waals surface area contributed by atoms with Gasteiger partial charge in [-0.2, -0.15) is 10.1 Å². The summed E-state index contributed by atoms with van der Waals surface area (Å²) in [5.74, 6) is 1.07. The number of benzene rings is 1. The van der Waals surface area contributed by atoms with Crippen molar-refractivity contribution >= 4 is 6.09 Å². The van der Waals surface area contributed by atoms with Gasteiger partial charge in [0.25, 0.3) is 5.89 Å². The van der Waals surface area contributed by atoms with E-state index in [1.165, 1.54) is 22.4 Å². The molecule has 1 N–H and O–H groups in total. The molecule has 0 fully saturated rings. The Morgan fingerprint density at radius 1 is 1.25 bits per heavy atom. The van der Waals surface area contributed by atoms with E-state index in [1.54, 1.807) is 0 Å². The number of alkyl carbamates (subject to hydrolysis) is 1. The minimum atomic E-state index is -0.500. The van der Waals surface area contributed by atoms with Crippen LogP contribution in [-0.4, -0.2) is 37.7 Å². The van der Waals surface area contributed by atoms with Gasteiger partial charge in [0.15, 0.2) is 5.69 Å². The maximum Gasteiger partial charge on any atom is 0.407 e. The van der Waals surface area contributed by atoms with Crippen LogP contribution in [0.4, 0.5) is 4.79 Å². The van der Waals surface area contributed by atoms with Crippen molar-refractivity contribution in [3.8, 4) is 23.0 Å². The molecular weight excluding hydrogens is 454 g/mol. The lowest BCUT2D eigenvalue weighted by Crippen LogP contribution is -2.41. The van der Waals surface area contributed by atoms with Crippen LogP contribution in [0.15, 0.2) is 22.7 Å². The van der Waals surface area contributed by atoms with E-state index < -0.39 is 5.60 Å². The molecule has 0 aliphatic heterocycles. The van der Waals surface area contributed by atoms with E-state index in [2.05, 4.69) is 48.1 Å². The smallest absolute Gasteiger partial charge is 0.407 e. The van der Waals surface area contributed by atoms with Crippen molar-refractivity contribution in [2.24, 2.45) is 5.41 Å². The second-order valence-corrected chi connectivity index (χ2v) is 11.9. The quantitative estimate of drug-likeness (QED) is 0.517.